The van der Waals surface area contributed by atoms with E-state index >= 15 is 0 Å². The highest BCUT2D eigenvalue weighted by atomic mass is 35.5. The largest absolute Gasteiger partial charge is 0.481 e. The molecule has 2 fully saturated rings. The number of nitrogens with zero attached hydrogens (tertiary/aromatic N) is 3. The van der Waals surface area contributed by atoms with Gasteiger partial charge in [-0.2, -0.15) is 0 Å². The average molecular weight is 669 g/mol. The number of hydrogen-bond donors (Lipinski definition) is 2. The van der Waals surface area contributed by atoms with Crippen LogP contribution < -0.4 is 10.1 Å². The molecule has 2 amide bonds. The van der Waals surface area contributed by atoms with Crippen LogP contribution in [0.4, 0.5) is 5.69 Å². The van der Waals surface area contributed by atoms with Gasteiger partial charge >= 0.3 is 5.97 Å². The van der Waals surface area contributed by atoms with Gasteiger partial charge in [-0.3, -0.25) is 19.3 Å². The number of piperidine rings is 1. The van der Waals surface area contributed by atoms with E-state index in [9.17, 15) is 19.5 Å². The van der Waals surface area contributed by atoms with Crippen LogP contribution in [0.1, 0.15) is 42.5 Å². The molecule has 3 atom stereocenters. The Hall–Kier alpha value is -4.47. The minimum atomic E-state index is -0.676. The van der Waals surface area contributed by atoms with Crippen molar-refractivity contribution in [2.75, 3.05) is 39.6 Å². The number of benzene rings is 2. The number of aromatic nitrogens is 1. The Kier molecular flexibility index (Phi) is 9.45. The summed E-state index contributed by atoms with van der Waals surface area (Å²) in [5.74, 6) is -0.696. The van der Waals surface area contributed by atoms with Crippen molar-refractivity contribution in [3.05, 3.63) is 88.0 Å². The van der Waals surface area contributed by atoms with E-state index in [4.69, 9.17) is 21.3 Å². The number of carboxylic acid groups (broad SMARTS) is 1. The van der Waals surface area contributed by atoms with E-state index in [1.165, 1.54) is 10.5 Å². The van der Waals surface area contributed by atoms with E-state index in [0.29, 0.717) is 22.3 Å². The molecule has 2 aromatic carbocycles. The molecule has 250 valence electrons. The number of anilines is 1. The molecule has 1 saturated carbocycles. The van der Waals surface area contributed by atoms with E-state index in [1.54, 1.807) is 33.4 Å². The second kappa shape index (κ2) is 13.6. The topological polar surface area (TPSA) is 112 Å². The van der Waals surface area contributed by atoms with Crippen LogP contribution in [-0.2, 0) is 20.8 Å². The normalized spacial score (nSPS) is 21.6. The summed E-state index contributed by atoms with van der Waals surface area (Å²) in [6, 6.07) is 13.7. The minimum absolute atomic E-state index is 0.0411. The second-order valence-corrected chi connectivity index (χ2v) is 13.4. The number of methoxy groups -OCH3 is 1. The van der Waals surface area contributed by atoms with Gasteiger partial charge in [0.15, 0.2) is 0 Å². The molecule has 0 spiro atoms. The van der Waals surface area contributed by atoms with E-state index in [0.717, 1.165) is 60.2 Å². The van der Waals surface area contributed by atoms with Crippen molar-refractivity contribution in [2.24, 2.45) is 17.8 Å². The smallest absolute Gasteiger partial charge is 0.307 e. The fourth-order valence-corrected chi connectivity index (χ4v) is 7.72. The highest BCUT2D eigenvalue weighted by molar-refractivity contribution is 6.36. The lowest BCUT2D eigenvalue weighted by Gasteiger charge is -2.27. The predicted molar refractivity (Wildman–Crippen MR) is 187 cm³/mol. The highest BCUT2D eigenvalue weighted by Gasteiger charge is 2.60. The number of ether oxygens (including phenoxy) is 1. The van der Waals surface area contributed by atoms with Crippen molar-refractivity contribution in [2.45, 2.75) is 39.2 Å². The van der Waals surface area contributed by atoms with Gasteiger partial charge in [0.1, 0.15) is 5.57 Å². The number of allylic oxidation sites excluding steroid dienone is 3. The molecule has 1 aromatic heterocycles. The summed E-state index contributed by atoms with van der Waals surface area (Å²) >= 11 is 7.15. The first-order valence-electron chi connectivity index (χ1n) is 16.4. The Morgan fingerprint density at radius 3 is 2.46 bits per heavy atom. The Morgan fingerprint density at radius 2 is 1.79 bits per heavy atom. The lowest BCUT2D eigenvalue weighted by atomic mass is 9.96. The van der Waals surface area contributed by atoms with Gasteiger partial charge < -0.3 is 20.1 Å². The Morgan fingerprint density at radius 1 is 1.10 bits per heavy atom. The molecule has 1 saturated heterocycles. The van der Waals surface area contributed by atoms with Crippen LogP contribution in [0, 0.1) is 24.7 Å². The Balaban J connectivity index is 1.28. The third-order valence-electron chi connectivity index (χ3n) is 9.93. The number of aliphatic carboxylic acids is 1. The van der Waals surface area contributed by atoms with Crippen molar-refractivity contribution in [3.63, 3.8) is 0 Å². The summed E-state index contributed by atoms with van der Waals surface area (Å²) in [6.45, 7) is 5.49. The number of fused-ring (bicyclic) bond motifs is 2. The van der Waals surface area contributed by atoms with E-state index in [2.05, 4.69) is 16.3 Å². The summed E-state index contributed by atoms with van der Waals surface area (Å²) in [7, 11) is 4.87. The predicted octanol–water partition coefficient (Wildman–Crippen LogP) is 6.56. The third kappa shape index (κ3) is 6.13. The molecule has 6 rings (SSSR count). The first-order chi connectivity index (χ1) is 23.0. The lowest BCUT2D eigenvalue weighted by molar-refractivity contribution is -0.139. The third-order valence-corrected chi connectivity index (χ3v) is 10.3. The second-order valence-electron chi connectivity index (χ2n) is 13.0. The quantitative estimate of drug-likeness (QED) is 0.109. The molecule has 3 aliphatic rings. The van der Waals surface area contributed by atoms with Crippen molar-refractivity contribution >= 4 is 35.1 Å². The maximum Gasteiger partial charge on any atom is 0.307 e. The molecule has 9 nitrogen and oxygen atoms in total. The van der Waals surface area contributed by atoms with Gasteiger partial charge in [-0.25, -0.2) is 4.98 Å². The molecule has 10 heteroatoms. The van der Waals surface area contributed by atoms with Crippen molar-refractivity contribution in [1.82, 2.24) is 14.8 Å². The first kappa shape index (κ1) is 33.4. The van der Waals surface area contributed by atoms with Crippen LogP contribution in [-0.4, -0.2) is 72.0 Å². The number of halogens is 1. The highest BCUT2D eigenvalue weighted by Crippen LogP contribution is 2.55. The average Bonchev–Trinajstić information content (AvgIpc) is 3.35. The van der Waals surface area contributed by atoms with Gasteiger partial charge in [0.2, 0.25) is 5.88 Å². The minimum Gasteiger partial charge on any atom is -0.481 e. The van der Waals surface area contributed by atoms with Crippen LogP contribution in [0.3, 0.4) is 0 Å². The van der Waals surface area contributed by atoms with Crippen LogP contribution >= 0.6 is 11.6 Å². The van der Waals surface area contributed by atoms with Crippen LogP contribution in [0.2, 0.25) is 5.02 Å². The molecule has 0 bridgehead atoms. The Bertz CT molecular complexity index is 1840. The molecule has 3 aromatic rings. The zero-order valence-electron chi connectivity index (χ0n) is 27.9. The molecule has 2 heterocycles. The number of likely N-dealkylation sites (N-methyl/N-ethyl adjacent to an activating group) is 1. The first-order valence-corrected chi connectivity index (χ1v) is 16.8. The molecular formula is C38H41ClN4O5. The van der Waals surface area contributed by atoms with E-state index < -0.39 is 11.9 Å². The maximum absolute atomic E-state index is 13.3. The fourth-order valence-electron chi connectivity index (χ4n) is 7.40. The number of carbonyl (C=O) groups excluding carboxylic acids is 2. The summed E-state index contributed by atoms with van der Waals surface area (Å²) in [5, 5.41) is 12.9. The van der Waals surface area contributed by atoms with Gasteiger partial charge in [-0.15, -0.1) is 0 Å². The zero-order valence-corrected chi connectivity index (χ0v) is 28.7. The molecule has 2 aliphatic carbocycles. The molecule has 2 N–H and O–H groups in total. The maximum atomic E-state index is 13.3. The summed E-state index contributed by atoms with van der Waals surface area (Å²) in [6.07, 6.45) is 7.74. The van der Waals surface area contributed by atoms with Crippen LogP contribution in [0.15, 0.2) is 66.3 Å². The molecule has 48 heavy (non-hydrogen) atoms. The zero-order chi connectivity index (χ0) is 34.3. The number of pyridine rings is 1. The van der Waals surface area contributed by atoms with Crippen molar-refractivity contribution in [1.29, 1.82) is 0 Å². The SMILES string of the molecule is CC/C=C/C=C(/C(=O)Nc1cccc(-c2cccc(-c3cc4c(c(OC)n3)[C@H](N3CC5C(C3)C5C(=O)O)CC4)c2Cl)c1C)C(=O)N(C)C. The number of likely N-dealkylation sites (tertiary alicyclic amines) is 1. The molecular weight excluding hydrogens is 628 g/mol. The number of nitrogens with one attached hydrogen (secondary N) is 1. The van der Waals surface area contributed by atoms with Gasteiger partial charge in [0, 0.05) is 55.6 Å². The lowest BCUT2D eigenvalue weighted by Crippen LogP contribution is -2.30. The summed E-state index contributed by atoms with van der Waals surface area (Å²) in [4.78, 5) is 46.4. The van der Waals surface area contributed by atoms with Gasteiger partial charge in [0.25, 0.3) is 11.8 Å². The van der Waals surface area contributed by atoms with Crippen molar-refractivity contribution < 1.29 is 24.2 Å². The summed E-state index contributed by atoms with van der Waals surface area (Å²) in [5.41, 5.74) is 6.80. The molecule has 1 aliphatic heterocycles. The number of hydrogen-bond acceptors (Lipinski definition) is 6. The molecule has 0 radical (unpaired) electrons. The standard InChI is InChI=1S/C38H41ClN4O5/c1-6-7-8-11-26(37(45)42(3)4)35(44)40-29-15-10-12-23(21(29)2)24-13-9-14-25(34(24)39)30-18-22-16-17-31(32(22)36(41-30)48-5)43-19-27-28(20-43)33(27)38(46)47/h7-15,18,27-28,31,33H,6,16-17,19-20H2,1-5H3,(H,40,44)(H,46,47)/b8-7+,26-11-/t27?,28?,31-,33?/m1/s1. The van der Waals surface area contributed by atoms with Crippen LogP contribution in [0.25, 0.3) is 22.4 Å². The number of aryl methyl sites for hydroxylation is 1. The van der Waals surface area contributed by atoms with Crippen molar-refractivity contribution in [3.8, 4) is 28.3 Å². The van der Waals surface area contributed by atoms with Gasteiger partial charge in [0.05, 0.1) is 23.7 Å². The number of rotatable bonds is 10. The molecule has 2 unspecified atom stereocenters. The number of amides is 2. The Labute approximate surface area is 286 Å². The van der Waals surface area contributed by atoms with Gasteiger partial charge in [-0.1, -0.05) is 61.0 Å². The van der Waals surface area contributed by atoms with E-state index in [1.807, 2.05) is 56.3 Å². The fraction of sp³-hybridized carbons (Fsp3) is 0.368. The monoisotopic (exact) mass is 668 g/mol. The van der Waals surface area contributed by atoms with E-state index in [-0.39, 0.29) is 35.3 Å². The van der Waals surface area contributed by atoms with Gasteiger partial charge in [-0.05, 0) is 72.9 Å². The number of carbonyl (C=O) groups is 3. The number of carboxylic acids is 1. The summed E-state index contributed by atoms with van der Waals surface area (Å²) < 4.78 is 5.86. The van der Waals surface area contributed by atoms with Crippen LogP contribution in [0.5, 0.6) is 5.88 Å².